The van der Waals surface area contributed by atoms with E-state index in [2.05, 4.69) is 103 Å². The van der Waals surface area contributed by atoms with E-state index in [1.165, 1.54) is 74.1 Å². The first kappa shape index (κ1) is 34.6. The summed E-state index contributed by atoms with van der Waals surface area (Å²) >= 11 is 0. The fourth-order valence-corrected chi connectivity index (χ4v) is 15.4. The lowest BCUT2D eigenvalue weighted by Crippen LogP contribution is -3.00. The third-order valence-electron chi connectivity index (χ3n) is 16.7. The maximum Gasteiger partial charge on any atom is 0.102 e. The molecule has 2 aliphatic carbocycles. The van der Waals surface area contributed by atoms with Crippen LogP contribution in [0.2, 0.25) is 0 Å². The van der Waals surface area contributed by atoms with Crippen molar-refractivity contribution < 1.29 is 48.0 Å². The molecule has 2 unspecified atom stereocenters. The van der Waals surface area contributed by atoms with Gasteiger partial charge in [-0.1, -0.05) is 56.5 Å². The maximum absolute atomic E-state index is 10.5. The highest BCUT2D eigenvalue weighted by molar-refractivity contribution is 5.76. The van der Waals surface area contributed by atoms with Crippen LogP contribution in [0.15, 0.2) is 97.4 Å². The monoisotopic (exact) mass is 812 g/mol. The van der Waals surface area contributed by atoms with Gasteiger partial charge in [0, 0.05) is 67.9 Å². The molecule has 270 valence electrons. The molecule has 7 heterocycles. The molecular weight excluding hydrogens is 760 g/mol. The molecule has 4 bridgehead atoms. The molecule has 4 saturated heterocycles. The van der Waals surface area contributed by atoms with E-state index < -0.39 is 0 Å². The molecule has 7 heteroatoms. The van der Waals surface area contributed by atoms with Crippen LogP contribution in [0, 0.1) is 23.7 Å². The molecule has 0 aromatic heterocycles. The van der Waals surface area contributed by atoms with Gasteiger partial charge in [0.15, 0.2) is 0 Å². The molecule has 0 amide bonds. The van der Waals surface area contributed by atoms with Crippen LogP contribution in [0.1, 0.15) is 56.6 Å². The number of benzene rings is 2. The number of halogens is 2. The predicted molar refractivity (Wildman–Crippen MR) is 197 cm³/mol. The van der Waals surface area contributed by atoms with Crippen LogP contribution >= 0.6 is 0 Å². The lowest BCUT2D eigenvalue weighted by Gasteiger charge is -2.60. The van der Waals surface area contributed by atoms with E-state index >= 15 is 0 Å². The van der Waals surface area contributed by atoms with E-state index in [1.54, 1.807) is 22.3 Å². The van der Waals surface area contributed by atoms with Crippen molar-refractivity contribution in [2.24, 2.45) is 23.7 Å². The third-order valence-corrected chi connectivity index (χ3v) is 16.7. The van der Waals surface area contributed by atoms with Crippen LogP contribution in [0.3, 0.4) is 0 Å². The smallest absolute Gasteiger partial charge is 0.102 e. The second-order valence-electron chi connectivity index (χ2n) is 17.8. The lowest BCUT2D eigenvalue weighted by molar-refractivity contribution is -0.946. The van der Waals surface area contributed by atoms with Crippen LogP contribution in [0.5, 0.6) is 0 Å². The number of hydrogen-bond donors (Lipinski definition) is 1. The highest BCUT2D eigenvalue weighted by Crippen LogP contribution is 2.70. The molecule has 0 radical (unpaired) electrons. The van der Waals surface area contributed by atoms with Gasteiger partial charge >= 0.3 is 0 Å². The summed E-state index contributed by atoms with van der Waals surface area (Å²) in [6, 6.07) is 21.2. The first-order valence-corrected chi connectivity index (χ1v) is 19.7. The summed E-state index contributed by atoms with van der Waals surface area (Å²) in [5.41, 5.74) is 9.80. The first-order valence-electron chi connectivity index (χ1n) is 19.7. The largest absolute Gasteiger partial charge is 1.00 e. The molecule has 2 aromatic carbocycles. The summed E-state index contributed by atoms with van der Waals surface area (Å²) in [7, 11) is 0. The molecule has 2 aromatic rings. The number of para-hydroxylation sites is 2. The van der Waals surface area contributed by atoms with Crippen LogP contribution < -0.4 is 43.8 Å². The number of quaternary nitrogens is 2. The quantitative estimate of drug-likeness (QED) is 0.330. The fourth-order valence-electron chi connectivity index (χ4n) is 15.4. The molecule has 2 saturated carbocycles. The van der Waals surface area contributed by atoms with Crippen molar-refractivity contribution in [1.82, 2.24) is 0 Å². The molecule has 7 aliphatic heterocycles. The molecule has 51 heavy (non-hydrogen) atoms. The number of fused-ring (bicyclic) bond motifs is 8. The summed E-state index contributed by atoms with van der Waals surface area (Å²) in [6.45, 7) is 18.5. The second kappa shape index (κ2) is 11.7. The minimum Gasteiger partial charge on any atom is -1.00 e. The van der Waals surface area contributed by atoms with Crippen molar-refractivity contribution >= 4 is 11.4 Å². The van der Waals surface area contributed by atoms with Crippen molar-refractivity contribution in [2.75, 3.05) is 55.7 Å². The Kier molecular flexibility index (Phi) is 7.92. The zero-order chi connectivity index (χ0) is 32.9. The van der Waals surface area contributed by atoms with Crippen LogP contribution in [0.25, 0.3) is 0 Å². The standard InChI is InChI=1S/C44H54N4O.2BrH/c1-4-18-47-20-16-43-35-11-7-10-14-38(35)46-26-34-32-24-40-44(17-21-48(40,19-5-2)28-30(32)15-22-49)36-12-8-9-13-37(36)45(42(34)44)25-33(41(43)46)31(23-39(43)47)29(6-3)27-47;;/h4-5,7-14,25-26,29-32,39-42,49H,1-2,6,15-24,27-28H2,3H3;2*1H/q+2;;/p-2/b33-25-,34-26-;;/t29-,30-,31+,32+,39+,40+,41+,42+,43-,44-,47?,48?;;/m1../s1. The predicted octanol–water partition coefficient (Wildman–Crippen LogP) is 0.671. The van der Waals surface area contributed by atoms with Gasteiger partial charge in [-0.25, -0.2) is 0 Å². The number of aliphatic hydroxyl groups excluding tert-OH is 1. The minimum absolute atomic E-state index is 0. The van der Waals surface area contributed by atoms with Crippen LogP contribution in [0.4, 0.5) is 11.4 Å². The van der Waals surface area contributed by atoms with E-state index in [4.69, 9.17) is 0 Å². The Morgan fingerprint density at radius 2 is 1.22 bits per heavy atom. The average Bonchev–Trinajstić information content (AvgIpc) is 3.81. The number of anilines is 2. The van der Waals surface area contributed by atoms with Gasteiger partial charge in [-0.3, -0.25) is 0 Å². The molecule has 9 aliphatic rings. The molecule has 2 spiro atoms. The topological polar surface area (TPSA) is 26.7 Å². The van der Waals surface area contributed by atoms with Crippen molar-refractivity contribution in [3.8, 4) is 0 Å². The molecule has 11 rings (SSSR count). The highest BCUT2D eigenvalue weighted by Gasteiger charge is 2.75. The van der Waals surface area contributed by atoms with Crippen LogP contribution in [-0.4, -0.2) is 84.1 Å². The van der Waals surface area contributed by atoms with Gasteiger partial charge in [0.25, 0.3) is 0 Å². The number of aliphatic hydroxyl groups is 1. The van der Waals surface area contributed by atoms with E-state index in [0.29, 0.717) is 47.8 Å². The van der Waals surface area contributed by atoms with Crippen molar-refractivity contribution in [1.29, 1.82) is 0 Å². The Morgan fingerprint density at radius 1 is 0.745 bits per heavy atom. The fraction of sp³-hybridized carbons (Fsp3) is 0.545. The maximum atomic E-state index is 10.5. The van der Waals surface area contributed by atoms with Gasteiger partial charge in [0.2, 0.25) is 0 Å². The molecule has 5 nitrogen and oxygen atoms in total. The number of rotatable bonds is 7. The zero-order valence-corrected chi connectivity index (χ0v) is 33.3. The second-order valence-corrected chi connectivity index (χ2v) is 17.8. The molecular formula is C44H54Br2N4O. The Hall–Kier alpha value is -2.16. The average molecular weight is 815 g/mol. The Morgan fingerprint density at radius 3 is 1.69 bits per heavy atom. The molecule has 6 fully saturated rings. The Balaban J connectivity index is 0.00000174. The SMILES string of the molecule is C=CC[N+]12CC[C@@]34c5ccccc5N5/C=C6/[C@H]7C[C@H]8[C@@]9(CC[N+]8(CC=C)C[C@H]7CCO)c7ccccc7N(/C=C(/[C@@H](C[C@@H]31)[C@H](CC)C2)[C@H]54)[C@@H]69.[Br-].[Br-]. The molecule has 1 N–H and O–H groups in total. The van der Waals surface area contributed by atoms with Gasteiger partial charge in [-0.15, -0.1) is 0 Å². The zero-order valence-electron chi connectivity index (χ0n) is 30.1. The third kappa shape index (κ3) is 3.89. The Bertz CT molecular complexity index is 1860. The van der Waals surface area contributed by atoms with Gasteiger partial charge in [0.1, 0.15) is 12.1 Å². The summed E-state index contributed by atoms with van der Waals surface area (Å²) in [5, 5.41) is 10.5. The van der Waals surface area contributed by atoms with Crippen molar-refractivity contribution in [3.63, 3.8) is 0 Å². The van der Waals surface area contributed by atoms with E-state index in [9.17, 15) is 5.11 Å². The summed E-state index contributed by atoms with van der Waals surface area (Å²) in [4.78, 5) is 5.75. The Labute approximate surface area is 326 Å². The van der Waals surface area contributed by atoms with Gasteiger partial charge in [-0.2, -0.15) is 0 Å². The normalized spacial score (nSPS) is 45.6. The summed E-state index contributed by atoms with van der Waals surface area (Å²) in [6.07, 6.45) is 17.2. The lowest BCUT2D eigenvalue weighted by atomic mass is 9.54. The summed E-state index contributed by atoms with van der Waals surface area (Å²) in [5.74, 6) is 2.29. The van der Waals surface area contributed by atoms with Crippen LogP contribution in [-0.2, 0) is 10.8 Å². The number of piperidine rings is 2. The number of hydrogen-bond acceptors (Lipinski definition) is 3. The number of nitrogens with zero attached hydrogens (tertiary/aromatic N) is 4. The van der Waals surface area contributed by atoms with E-state index in [0.717, 1.165) is 24.0 Å². The van der Waals surface area contributed by atoms with Gasteiger partial charge in [0.05, 0.1) is 62.2 Å². The van der Waals surface area contributed by atoms with E-state index in [-0.39, 0.29) is 51.4 Å². The van der Waals surface area contributed by atoms with E-state index in [1.807, 2.05) is 0 Å². The first-order chi connectivity index (χ1) is 24.0. The summed E-state index contributed by atoms with van der Waals surface area (Å²) < 4.78 is 2.41. The van der Waals surface area contributed by atoms with Gasteiger partial charge < -0.3 is 57.8 Å². The minimum atomic E-state index is 0. The van der Waals surface area contributed by atoms with Crippen molar-refractivity contribution in [3.05, 3.63) is 109 Å². The van der Waals surface area contributed by atoms with Crippen molar-refractivity contribution in [2.45, 2.75) is 80.4 Å². The van der Waals surface area contributed by atoms with Gasteiger partial charge in [-0.05, 0) is 71.2 Å². The highest BCUT2D eigenvalue weighted by atomic mass is 79.9. The molecule has 12 atom stereocenters.